The minimum atomic E-state index is -0.365. The average molecular weight is 463 g/mol. The monoisotopic (exact) mass is 462 g/mol. The number of ether oxygens (including phenoxy) is 1. The highest BCUT2D eigenvalue weighted by Gasteiger charge is 2.16. The summed E-state index contributed by atoms with van der Waals surface area (Å²) in [4.78, 5) is 17.2. The van der Waals surface area contributed by atoms with Crippen molar-refractivity contribution in [3.05, 3.63) is 89.7 Å². The largest absolute Gasteiger partial charge is 0.504 e. The van der Waals surface area contributed by atoms with Crippen LogP contribution in [0.5, 0.6) is 11.5 Å². The summed E-state index contributed by atoms with van der Waals surface area (Å²) in [6.07, 6.45) is 1.54. The topological polar surface area (TPSA) is 95.8 Å². The average Bonchev–Trinajstić information content (AvgIpc) is 3.23. The van der Waals surface area contributed by atoms with E-state index in [-0.39, 0.29) is 17.5 Å². The second-order valence-corrected chi connectivity index (χ2v) is 7.82. The molecule has 33 heavy (non-hydrogen) atoms. The van der Waals surface area contributed by atoms with Gasteiger partial charge in [0.25, 0.3) is 5.91 Å². The Balaban J connectivity index is 1.59. The van der Waals surface area contributed by atoms with E-state index in [9.17, 15) is 14.3 Å². The number of amides is 1. The number of thiazole rings is 1. The normalized spacial score (nSPS) is 10.8. The van der Waals surface area contributed by atoms with Crippen molar-refractivity contribution in [3.63, 3.8) is 0 Å². The first kappa shape index (κ1) is 22.0. The number of nitrogens with one attached hydrogen (secondary N) is 2. The van der Waals surface area contributed by atoms with Crippen LogP contribution in [0.15, 0.2) is 77.9 Å². The van der Waals surface area contributed by atoms with Gasteiger partial charge in [0.15, 0.2) is 11.5 Å². The van der Waals surface area contributed by atoms with E-state index in [0.29, 0.717) is 38.3 Å². The number of methoxy groups -OCH3 is 1. The fraction of sp³-hybridized carbons (Fsp3) is 0.0417. The molecule has 4 aromatic rings. The number of hydrogen-bond donors (Lipinski definition) is 3. The smallest absolute Gasteiger partial charge is 0.256 e. The summed E-state index contributed by atoms with van der Waals surface area (Å²) >= 11 is 1.20. The number of phenolic OH excluding ortho intramolecular Hbond substituents is 1. The van der Waals surface area contributed by atoms with Crippen LogP contribution in [0.2, 0.25) is 0 Å². The van der Waals surface area contributed by atoms with Crippen LogP contribution in [0.4, 0.5) is 14.5 Å². The molecule has 9 heteroatoms. The van der Waals surface area contributed by atoms with Crippen molar-refractivity contribution in [1.82, 2.24) is 4.98 Å². The summed E-state index contributed by atoms with van der Waals surface area (Å²) in [6.45, 7) is 0. The highest BCUT2D eigenvalue weighted by Crippen LogP contribution is 2.36. The van der Waals surface area contributed by atoms with E-state index >= 15 is 0 Å². The zero-order valence-electron chi connectivity index (χ0n) is 17.4. The third kappa shape index (κ3) is 5.34. The molecule has 0 aliphatic carbocycles. The van der Waals surface area contributed by atoms with Crippen LogP contribution >= 0.6 is 11.3 Å². The standard InChI is InChI=1S/C24H19FN4O3S/c1-32-20-13-15(7-12-19(20)30)14-26-29-24-27-21(16-8-10-18(25)11-9-16)23(33-24)28-22(31)17-5-3-2-4-6-17/h2-14,30H,1H3,(H,27,29)(H,28,31)/b26-14-. The van der Waals surface area contributed by atoms with E-state index in [1.165, 1.54) is 36.6 Å². The minimum Gasteiger partial charge on any atom is -0.504 e. The van der Waals surface area contributed by atoms with Gasteiger partial charge in [-0.3, -0.25) is 10.2 Å². The molecule has 0 saturated carbocycles. The van der Waals surface area contributed by atoms with E-state index in [1.54, 1.807) is 54.7 Å². The van der Waals surface area contributed by atoms with Crippen LogP contribution in [-0.2, 0) is 0 Å². The molecule has 0 radical (unpaired) electrons. The molecule has 4 rings (SSSR count). The van der Waals surface area contributed by atoms with Gasteiger partial charge in [-0.15, -0.1) is 0 Å². The molecule has 0 spiro atoms. The minimum absolute atomic E-state index is 0.0327. The number of hydrazone groups is 1. The van der Waals surface area contributed by atoms with Crippen molar-refractivity contribution >= 4 is 33.6 Å². The summed E-state index contributed by atoms with van der Waals surface area (Å²) in [7, 11) is 1.46. The Hall–Kier alpha value is -4.24. The molecule has 7 nitrogen and oxygen atoms in total. The van der Waals surface area contributed by atoms with Crippen molar-refractivity contribution in [1.29, 1.82) is 0 Å². The Bertz CT molecular complexity index is 1290. The van der Waals surface area contributed by atoms with Gasteiger partial charge in [-0.1, -0.05) is 29.5 Å². The number of hydrogen-bond acceptors (Lipinski definition) is 7. The molecule has 0 aliphatic rings. The fourth-order valence-electron chi connectivity index (χ4n) is 2.96. The molecule has 0 bridgehead atoms. The zero-order valence-corrected chi connectivity index (χ0v) is 18.3. The first-order chi connectivity index (χ1) is 16.0. The van der Waals surface area contributed by atoms with Crippen molar-refractivity contribution in [2.24, 2.45) is 5.10 Å². The maximum atomic E-state index is 13.4. The van der Waals surface area contributed by atoms with E-state index in [1.807, 2.05) is 6.07 Å². The Morgan fingerprint density at radius 1 is 1.12 bits per heavy atom. The molecular weight excluding hydrogens is 443 g/mol. The van der Waals surface area contributed by atoms with Gasteiger partial charge in [-0.25, -0.2) is 9.37 Å². The van der Waals surface area contributed by atoms with E-state index in [0.717, 1.165) is 0 Å². The van der Waals surface area contributed by atoms with Crippen LogP contribution in [-0.4, -0.2) is 29.3 Å². The first-order valence-electron chi connectivity index (χ1n) is 9.83. The van der Waals surface area contributed by atoms with Crippen molar-refractivity contribution in [3.8, 4) is 22.8 Å². The molecule has 3 N–H and O–H groups in total. The van der Waals surface area contributed by atoms with E-state index in [4.69, 9.17) is 4.74 Å². The number of aromatic nitrogens is 1. The molecule has 0 aliphatic heterocycles. The lowest BCUT2D eigenvalue weighted by atomic mass is 10.1. The summed E-state index contributed by atoms with van der Waals surface area (Å²) in [5.41, 5.74) is 5.20. The number of anilines is 2. The quantitative estimate of drug-likeness (QED) is 0.254. The number of aromatic hydroxyl groups is 1. The van der Waals surface area contributed by atoms with Crippen LogP contribution in [0, 0.1) is 5.82 Å². The maximum Gasteiger partial charge on any atom is 0.256 e. The summed E-state index contributed by atoms with van der Waals surface area (Å²) < 4.78 is 18.5. The highest BCUT2D eigenvalue weighted by atomic mass is 32.1. The number of rotatable bonds is 7. The number of carbonyl (C=O) groups excluding carboxylic acids is 1. The van der Waals surface area contributed by atoms with Gasteiger partial charge in [0.2, 0.25) is 5.13 Å². The SMILES string of the molecule is COc1cc(/C=N\Nc2nc(-c3ccc(F)cc3)c(NC(=O)c3ccccc3)s2)ccc1O. The lowest BCUT2D eigenvalue weighted by Crippen LogP contribution is -2.11. The van der Waals surface area contributed by atoms with Gasteiger partial charge in [-0.05, 0) is 60.2 Å². The van der Waals surface area contributed by atoms with E-state index in [2.05, 4.69) is 20.8 Å². The Kier molecular flexibility index (Phi) is 6.61. The number of phenols is 1. The Morgan fingerprint density at radius 3 is 2.61 bits per heavy atom. The molecule has 0 unspecified atom stereocenters. The van der Waals surface area contributed by atoms with E-state index < -0.39 is 0 Å². The number of nitrogens with zero attached hydrogens (tertiary/aromatic N) is 2. The highest BCUT2D eigenvalue weighted by molar-refractivity contribution is 7.20. The fourth-order valence-corrected chi connectivity index (χ4v) is 3.79. The third-order valence-electron chi connectivity index (χ3n) is 4.59. The molecule has 1 aromatic heterocycles. The van der Waals surface area contributed by atoms with Gasteiger partial charge in [-0.2, -0.15) is 5.10 Å². The first-order valence-corrected chi connectivity index (χ1v) is 10.6. The molecule has 0 saturated heterocycles. The molecule has 1 heterocycles. The van der Waals surface area contributed by atoms with Crippen molar-refractivity contribution in [2.75, 3.05) is 17.9 Å². The molecule has 1 amide bonds. The van der Waals surface area contributed by atoms with Crippen LogP contribution in [0.3, 0.4) is 0 Å². The van der Waals surface area contributed by atoms with Crippen LogP contribution in [0.25, 0.3) is 11.3 Å². The van der Waals surface area contributed by atoms with Gasteiger partial charge >= 0.3 is 0 Å². The predicted octanol–water partition coefficient (Wildman–Crippen LogP) is 5.36. The summed E-state index contributed by atoms with van der Waals surface area (Å²) in [5, 5.41) is 17.7. The number of benzene rings is 3. The lowest BCUT2D eigenvalue weighted by Gasteiger charge is -2.05. The Labute approximate surface area is 193 Å². The zero-order chi connectivity index (χ0) is 23.2. The molecular formula is C24H19FN4O3S. The third-order valence-corrected chi connectivity index (χ3v) is 5.46. The molecule has 3 aromatic carbocycles. The second-order valence-electron chi connectivity index (χ2n) is 6.83. The summed E-state index contributed by atoms with van der Waals surface area (Å²) in [6, 6.07) is 19.5. The molecule has 166 valence electrons. The maximum absolute atomic E-state index is 13.4. The molecule has 0 atom stereocenters. The number of carbonyl (C=O) groups is 1. The second kappa shape index (κ2) is 9.92. The lowest BCUT2D eigenvalue weighted by molar-refractivity contribution is 0.102. The number of halogens is 1. The van der Waals surface area contributed by atoms with Gasteiger partial charge < -0.3 is 15.2 Å². The van der Waals surface area contributed by atoms with Crippen molar-refractivity contribution < 1.29 is 19.0 Å². The van der Waals surface area contributed by atoms with Crippen LogP contribution in [0.1, 0.15) is 15.9 Å². The molecule has 0 fully saturated rings. The van der Waals surface area contributed by atoms with Gasteiger partial charge in [0.1, 0.15) is 16.5 Å². The van der Waals surface area contributed by atoms with Crippen molar-refractivity contribution in [2.45, 2.75) is 0 Å². The van der Waals surface area contributed by atoms with Crippen LogP contribution < -0.4 is 15.5 Å². The van der Waals surface area contributed by atoms with Gasteiger partial charge in [0, 0.05) is 11.1 Å². The Morgan fingerprint density at radius 2 is 1.88 bits per heavy atom. The predicted molar refractivity (Wildman–Crippen MR) is 128 cm³/mol. The van der Waals surface area contributed by atoms with Gasteiger partial charge in [0.05, 0.1) is 13.3 Å². The summed E-state index contributed by atoms with van der Waals surface area (Å²) in [5.74, 6) is -0.284.